The average molecular weight is 266 g/mol. The first-order valence-corrected chi connectivity index (χ1v) is 8.14. The molecule has 0 aromatic carbocycles. The Kier molecular flexibility index (Phi) is 5.26. The van der Waals surface area contributed by atoms with E-state index in [1.54, 1.807) is 0 Å². The molecule has 0 aromatic heterocycles. The van der Waals surface area contributed by atoms with Crippen LogP contribution >= 0.6 is 0 Å². The second-order valence-corrected chi connectivity index (χ2v) is 6.71. The Labute approximate surface area is 118 Å². The van der Waals surface area contributed by atoms with Gasteiger partial charge in [-0.3, -0.25) is 4.79 Å². The standard InChI is InChI=1S/C16H30N2O/c1-4-13-5-8-17-15(11-13)16(19)18-9-6-14(7-10-18)12(2)3/h12-15,17H,4-11H2,1-3H3. The highest BCUT2D eigenvalue weighted by atomic mass is 16.2. The number of amides is 1. The zero-order chi connectivity index (χ0) is 13.8. The van der Waals surface area contributed by atoms with Gasteiger partial charge in [0.05, 0.1) is 6.04 Å². The summed E-state index contributed by atoms with van der Waals surface area (Å²) < 4.78 is 0. The number of rotatable bonds is 3. The number of nitrogens with one attached hydrogen (secondary N) is 1. The molecule has 3 nitrogen and oxygen atoms in total. The molecule has 0 saturated carbocycles. The highest BCUT2D eigenvalue weighted by Crippen LogP contribution is 2.26. The molecule has 0 aromatic rings. The Morgan fingerprint density at radius 3 is 2.53 bits per heavy atom. The SMILES string of the molecule is CCC1CCNC(C(=O)N2CCC(C(C)C)CC2)C1. The second kappa shape index (κ2) is 6.74. The Hall–Kier alpha value is -0.570. The number of hydrogen-bond acceptors (Lipinski definition) is 2. The van der Waals surface area contributed by atoms with Crippen molar-refractivity contribution >= 4 is 5.91 Å². The third kappa shape index (κ3) is 3.71. The molecule has 1 amide bonds. The number of carbonyl (C=O) groups is 1. The van der Waals surface area contributed by atoms with E-state index in [2.05, 4.69) is 31.0 Å². The average Bonchev–Trinajstić information content (AvgIpc) is 2.46. The molecule has 1 N–H and O–H groups in total. The molecule has 2 saturated heterocycles. The molecule has 2 aliphatic rings. The molecule has 0 bridgehead atoms. The van der Waals surface area contributed by atoms with Crippen LogP contribution in [0.4, 0.5) is 0 Å². The molecular formula is C16H30N2O. The van der Waals surface area contributed by atoms with Crippen molar-refractivity contribution in [2.75, 3.05) is 19.6 Å². The monoisotopic (exact) mass is 266 g/mol. The zero-order valence-electron chi connectivity index (χ0n) is 12.8. The first-order valence-electron chi connectivity index (χ1n) is 8.14. The quantitative estimate of drug-likeness (QED) is 0.852. The molecule has 2 rings (SSSR count). The van der Waals surface area contributed by atoms with Crippen LogP contribution in [-0.4, -0.2) is 36.5 Å². The lowest BCUT2D eigenvalue weighted by atomic mass is 9.85. The van der Waals surface area contributed by atoms with Crippen LogP contribution in [0.1, 0.15) is 52.9 Å². The molecule has 19 heavy (non-hydrogen) atoms. The maximum atomic E-state index is 12.6. The minimum absolute atomic E-state index is 0.0919. The van der Waals surface area contributed by atoms with Gasteiger partial charge in [-0.05, 0) is 50.0 Å². The van der Waals surface area contributed by atoms with Crippen LogP contribution in [0.3, 0.4) is 0 Å². The van der Waals surface area contributed by atoms with Crippen molar-refractivity contribution in [2.45, 2.75) is 58.9 Å². The third-order valence-corrected chi connectivity index (χ3v) is 5.18. The van der Waals surface area contributed by atoms with Crippen LogP contribution < -0.4 is 5.32 Å². The molecule has 0 radical (unpaired) electrons. The van der Waals surface area contributed by atoms with Crippen molar-refractivity contribution < 1.29 is 4.79 Å². The fourth-order valence-electron chi connectivity index (χ4n) is 3.56. The molecular weight excluding hydrogens is 236 g/mol. The van der Waals surface area contributed by atoms with Gasteiger partial charge in [0.25, 0.3) is 0 Å². The van der Waals surface area contributed by atoms with Gasteiger partial charge in [-0.15, -0.1) is 0 Å². The van der Waals surface area contributed by atoms with Crippen LogP contribution in [-0.2, 0) is 4.79 Å². The summed E-state index contributed by atoms with van der Waals surface area (Å²) in [4.78, 5) is 14.7. The molecule has 2 fully saturated rings. The van der Waals surface area contributed by atoms with E-state index in [0.29, 0.717) is 5.91 Å². The Morgan fingerprint density at radius 2 is 1.95 bits per heavy atom. The zero-order valence-corrected chi connectivity index (χ0v) is 12.8. The maximum absolute atomic E-state index is 12.6. The first-order chi connectivity index (χ1) is 9.11. The molecule has 3 heteroatoms. The van der Waals surface area contributed by atoms with Gasteiger partial charge in [0, 0.05) is 13.1 Å². The summed E-state index contributed by atoms with van der Waals surface area (Å²) in [5.41, 5.74) is 0. The van der Waals surface area contributed by atoms with Gasteiger partial charge in [-0.25, -0.2) is 0 Å². The highest BCUT2D eigenvalue weighted by molar-refractivity contribution is 5.82. The van der Waals surface area contributed by atoms with Crippen molar-refractivity contribution in [1.82, 2.24) is 10.2 Å². The normalized spacial score (nSPS) is 29.8. The van der Waals surface area contributed by atoms with Gasteiger partial charge in [0.2, 0.25) is 5.91 Å². The molecule has 110 valence electrons. The minimum Gasteiger partial charge on any atom is -0.341 e. The molecule has 2 unspecified atom stereocenters. The summed E-state index contributed by atoms with van der Waals surface area (Å²) >= 11 is 0. The lowest BCUT2D eigenvalue weighted by Crippen LogP contribution is -2.52. The summed E-state index contributed by atoms with van der Waals surface area (Å²) in [6, 6.07) is 0.0919. The van der Waals surface area contributed by atoms with Crippen molar-refractivity contribution in [3.05, 3.63) is 0 Å². The van der Waals surface area contributed by atoms with E-state index in [1.807, 2.05) is 0 Å². The minimum atomic E-state index is 0.0919. The van der Waals surface area contributed by atoms with E-state index in [4.69, 9.17) is 0 Å². The number of likely N-dealkylation sites (tertiary alicyclic amines) is 1. The smallest absolute Gasteiger partial charge is 0.239 e. The van der Waals surface area contributed by atoms with Crippen LogP contribution in [0.5, 0.6) is 0 Å². The van der Waals surface area contributed by atoms with Gasteiger partial charge in [-0.1, -0.05) is 27.2 Å². The molecule has 2 aliphatic heterocycles. The van der Waals surface area contributed by atoms with Crippen LogP contribution in [0.15, 0.2) is 0 Å². The van der Waals surface area contributed by atoms with Crippen LogP contribution in [0, 0.1) is 17.8 Å². The lowest BCUT2D eigenvalue weighted by molar-refractivity contribution is -0.136. The fourth-order valence-corrected chi connectivity index (χ4v) is 3.56. The predicted molar refractivity (Wildman–Crippen MR) is 78.9 cm³/mol. The first kappa shape index (κ1) is 14.8. The molecule has 0 aliphatic carbocycles. The number of piperidine rings is 2. The van der Waals surface area contributed by atoms with Gasteiger partial charge in [0.15, 0.2) is 0 Å². The maximum Gasteiger partial charge on any atom is 0.239 e. The summed E-state index contributed by atoms with van der Waals surface area (Å²) in [6.07, 6.45) is 5.86. The topological polar surface area (TPSA) is 32.3 Å². The van der Waals surface area contributed by atoms with Gasteiger partial charge in [0.1, 0.15) is 0 Å². The largest absolute Gasteiger partial charge is 0.341 e. The highest BCUT2D eigenvalue weighted by Gasteiger charge is 2.31. The predicted octanol–water partition coefficient (Wildman–Crippen LogP) is 2.66. The Balaban J connectivity index is 1.83. The van der Waals surface area contributed by atoms with Crippen molar-refractivity contribution in [3.63, 3.8) is 0 Å². The van der Waals surface area contributed by atoms with Gasteiger partial charge >= 0.3 is 0 Å². The van der Waals surface area contributed by atoms with Crippen LogP contribution in [0.2, 0.25) is 0 Å². The van der Waals surface area contributed by atoms with E-state index in [9.17, 15) is 4.79 Å². The van der Waals surface area contributed by atoms with Crippen molar-refractivity contribution in [3.8, 4) is 0 Å². The van der Waals surface area contributed by atoms with Crippen molar-refractivity contribution in [1.29, 1.82) is 0 Å². The van der Waals surface area contributed by atoms with Crippen LogP contribution in [0.25, 0.3) is 0 Å². The summed E-state index contributed by atoms with van der Waals surface area (Å²) in [6.45, 7) is 9.80. The molecule has 2 atom stereocenters. The lowest BCUT2D eigenvalue weighted by Gasteiger charge is -2.38. The van der Waals surface area contributed by atoms with E-state index >= 15 is 0 Å². The fraction of sp³-hybridized carbons (Fsp3) is 0.938. The molecule has 0 spiro atoms. The second-order valence-electron chi connectivity index (χ2n) is 6.71. The van der Waals surface area contributed by atoms with E-state index in [0.717, 1.165) is 43.8 Å². The Morgan fingerprint density at radius 1 is 1.26 bits per heavy atom. The Bertz CT molecular complexity index is 295. The van der Waals surface area contributed by atoms with Gasteiger partial charge in [-0.2, -0.15) is 0 Å². The summed E-state index contributed by atoms with van der Waals surface area (Å²) in [5.74, 6) is 2.67. The van der Waals surface area contributed by atoms with E-state index in [-0.39, 0.29) is 6.04 Å². The van der Waals surface area contributed by atoms with E-state index in [1.165, 1.54) is 25.7 Å². The number of nitrogens with zero attached hydrogens (tertiary/aromatic N) is 1. The summed E-state index contributed by atoms with van der Waals surface area (Å²) in [7, 11) is 0. The number of hydrogen-bond donors (Lipinski definition) is 1. The van der Waals surface area contributed by atoms with Gasteiger partial charge < -0.3 is 10.2 Å². The number of carbonyl (C=O) groups excluding carboxylic acids is 1. The van der Waals surface area contributed by atoms with Crippen molar-refractivity contribution in [2.24, 2.45) is 17.8 Å². The van der Waals surface area contributed by atoms with E-state index < -0.39 is 0 Å². The third-order valence-electron chi connectivity index (χ3n) is 5.18. The summed E-state index contributed by atoms with van der Waals surface area (Å²) in [5, 5.41) is 3.42. The molecule has 2 heterocycles.